The lowest BCUT2D eigenvalue weighted by molar-refractivity contribution is -0.149. The van der Waals surface area contributed by atoms with Crippen molar-refractivity contribution in [2.45, 2.75) is 56.2 Å². The van der Waals surface area contributed by atoms with E-state index in [9.17, 15) is 14.5 Å². The van der Waals surface area contributed by atoms with Crippen molar-refractivity contribution in [1.82, 2.24) is 24.6 Å². The smallest absolute Gasteiger partial charge is 0.459 e. The van der Waals surface area contributed by atoms with Crippen molar-refractivity contribution < 1.29 is 33.0 Å². The molecule has 1 aromatic carbocycles. The molecule has 3 heterocycles. The van der Waals surface area contributed by atoms with Crippen LogP contribution in [0.2, 0.25) is 0 Å². The molecule has 6 atom stereocenters. The van der Waals surface area contributed by atoms with Gasteiger partial charge < -0.3 is 24.8 Å². The topological polar surface area (TPSA) is 173 Å². The maximum atomic E-state index is 13.8. The molecule has 1 saturated heterocycles. The molecule has 1 aliphatic heterocycles. The minimum absolute atomic E-state index is 0.0151. The standard InChI is InChI=1S/C24H28ClN6O7P/c1-5-24(25)19(32)18(37-22(24)31-13-28-17-11-27-23(26)29-20(17)31)12-35-39(34,38-16-9-7-6-8-10-16)30-15(4)21(33)36-14(2)3/h1,6-11,13-15,18-19,22,32H,12H2,2-4H3,(H,30,34)(H2,26,27,29)/t15-,18?,19?,22+,24+,39?/m0/s1. The van der Waals surface area contributed by atoms with Gasteiger partial charge in [0.25, 0.3) is 0 Å². The molecule has 13 nitrogen and oxygen atoms in total. The fourth-order valence-electron chi connectivity index (χ4n) is 3.83. The number of rotatable bonds is 10. The van der Waals surface area contributed by atoms with Gasteiger partial charge in [0.2, 0.25) is 5.95 Å². The number of nitrogen functional groups attached to an aromatic ring is 1. The van der Waals surface area contributed by atoms with Crippen molar-refractivity contribution in [3.8, 4) is 18.1 Å². The number of benzene rings is 1. The largest absolute Gasteiger partial charge is 0.462 e. The van der Waals surface area contributed by atoms with Crippen molar-refractivity contribution in [2.75, 3.05) is 12.3 Å². The minimum Gasteiger partial charge on any atom is -0.462 e. The number of carbonyl (C=O) groups excluding carboxylic acids is 1. The third-order valence-corrected chi connectivity index (χ3v) is 7.85. The van der Waals surface area contributed by atoms with E-state index in [0.717, 1.165) is 0 Å². The lowest BCUT2D eigenvalue weighted by Crippen LogP contribution is -2.41. The summed E-state index contributed by atoms with van der Waals surface area (Å²) in [6.45, 7) is 4.33. The van der Waals surface area contributed by atoms with Crippen LogP contribution in [0.25, 0.3) is 11.2 Å². The summed E-state index contributed by atoms with van der Waals surface area (Å²) in [7, 11) is -4.24. The number of hydrogen-bond acceptors (Lipinski definition) is 11. The summed E-state index contributed by atoms with van der Waals surface area (Å²) in [6.07, 6.45) is 4.30. The molecule has 39 heavy (non-hydrogen) atoms. The highest BCUT2D eigenvalue weighted by atomic mass is 35.5. The Morgan fingerprint density at radius 1 is 1.36 bits per heavy atom. The molecule has 4 N–H and O–H groups in total. The molecule has 208 valence electrons. The van der Waals surface area contributed by atoms with Gasteiger partial charge in [-0.3, -0.25) is 13.9 Å². The number of para-hydroxylation sites is 1. The van der Waals surface area contributed by atoms with Crippen molar-refractivity contribution in [3.05, 3.63) is 42.9 Å². The number of aromatic nitrogens is 4. The summed E-state index contributed by atoms with van der Waals surface area (Å²) < 4.78 is 37.7. The number of fused-ring (bicyclic) bond motifs is 1. The Hall–Kier alpha value is -3.24. The van der Waals surface area contributed by atoms with Gasteiger partial charge in [0.1, 0.15) is 29.5 Å². The number of imidazole rings is 1. The van der Waals surface area contributed by atoms with Gasteiger partial charge in [0, 0.05) is 0 Å². The van der Waals surface area contributed by atoms with Crippen LogP contribution in [0.3, 0.4) is 0 Å². The Morgan fingerprint density at radius 3 is 2.74 bits per heavy atom. The average molecular weight is 579 g/mol. The third-order valence-electron chi connectivity index (χ3n) is 5.69. The molecule has 3 aromatic rings. The summed E-state index contributed by atoms with van der Waals surface area (Å²) in [5, 5.41) is 13.6. The molecule has 1 aliphatic rings. The Labute approximate surface area is 229 Å². The number of alkyl halides is 1. The van der Waals surface area contributed by atoms with E-state index in [1.54, 1.807) is 44.2 Å². The van der Waals surface area contributed by atoms with Crippen LogP contribution in [0, 0.1) is 12.3 Å². The number of carbonyl (C=O) groups is 1. The fourth-order valence-corrected chi connectivity index (χ4v) is 5.63. The number of terminal acetylenes is 1. The fraction of sp³-hybridized carbons (Fsp3) is 0.417. The first-order valence-corrected chi connectivity index (χ1v) is 13.8. The second-order valence-electron chi connectivity index (χ2n) is 9.01. The molecule has 0 bridgehead atoms. The van der Waals surface area contributed by atoms with Gasteiger partial charge in [-0.25, -0.2) is 14.5 Å². The monoisotopic (exact) mass is 578 g/mol. The van der Waals surface area contributed by atoms with Crippen LogP contribution in [0.4, 0.5) is 5.95 Å². The average Bonchev–Trinajstić information content (AvgIpc) is 3.41. The Balaban J connectivity index is 1.57. The molecule has 2 aromatic heterocycles. The van der Waals surface area contributed by atoms with Gasteiger partial charge >= 0.3 is 13.7 Å². The van der Waals surface area contributed by atoms with Crippen LogP contribution in [0.1, 0.15) is 27.0 Å². The zero-order valence-corrected chi connectivity index (χ0v) is 23.0. The number of hydrogen-bond donors (Lipinski definition) is 3. The van der Waals surface area contributed by atoms with E-state index in [2.05, 4.69) is 26.0 Å². The highest BCUT2D eigenvalue weighted by Crippen LogP contribution is 2.48. The first-order chi connectivity index (χ1) is 18.5. The van der Waals surface area contributed by atoms with Crippen LogP contribution >= 0.6 is 19.3 Å². The molecule has 0 saturated carbocycles. The maximum absolute atomic E-state index is 13.8. The SMILES string of the molecule is C#C[C@@]1(Cl)C(O)C(COP(=O)(N[C@@H](C)C(=O)OC(C)C)Oc2ccccc2)O[C@H]1n1cnc2cnc(N)nc21. The number of ether oxygens (including phenoxy) is 2. The second kappa shape index (κ2) is 11.5. The maximum Gasteiger partial charge on any atom is 0.459 e. The summed E-state index contributed by atoms with van der Waals surface area (Å²) in [6, 6.07) is 7.15. The molecular weight excluding hydrogens is 551 g/mol. The quantitative estimate of drug-likeness (QED) is 0.139. The number of aliphatic hydroxyl groups is 1. The number of nitrogens with zero attached hydrogens (tertiary/aromatic N) is 4. The molecule has 1 fully saturated rings. The lowest BCUT2D eigenvalue weighted by atomic mass is 9.99. The van der Waals surface area contributed by atoms with E-state index in [4.69, 9.17) is 42.3 Å². The number of esters is 1. The summed E-state index contributed by atoms with van der Waals surface area (Å²) in [5.41, 5.74) is 6.39. The zero-order chi connectivity index (χ0) is 28.4. The first kappa shape index (κ1) is 28.8. The summed E-state index contributed by atoms with van der Waals surface area (Å²) in [4.78, 5) is 22.9. The molecule has 0 spiro atoms. The second-order valence-corrected chi connectivity index (χ2v) is 11.3. The van der Waals surface area contributed by atoms with Crippen molar-refractivity contribution in [1.29, 1.82) is 0 Å². The molecular formula is C24H28ClN6O7P. The Kier molecular flexibility index (Phi) is 8.46. The number of halogens is 1. The lowest BCUT2D eigenvalue weighted by Gasteiger charge is -2.26. The van der Waals surface area contributed by atoms with Gasteiger partial charge in [0.05, 0.1) is 25.2 Å². The van der Waals surface area contributed by atoms with E-state index < -0.39 is 55.8 Å². The van der Waals surface area contributed by atoms with Gasteiger partial charge in [-0.2, -0.15) is 10.1 Å². The van der Waals surface area contributed by atoms with E-state index in [1.165, 1.54) is 24.0 Å². The number of anilines is 1. The number of nitrogens with one attached hydrogen (secondary N) is 1. The van der Waals surface area contributed by atoms with Gasteiger partial charge in [-0.05, 0) is 32.9 Å². The zero-order valence-electron chi connectivity index (χ0n) is 21.3. The van der Waals surface area contributed by atoms with E-state index in [1.807, 2.05) is 0 Å². The number of aliphatic hydroxyl groups excluding tert-OH is 1. The van der Waals surface area contributed by atoms with Gasteiger partial charge in [-0.15, -0.1) is 6.42 Å². The molecule has 0 radical (unpaired) electrons. The van der Waals surface area contributed by atoms with Crippen LogP contribution in [0.15, 0.2) is 42.9 Å². The third kappa shape index (κ3) is 6.17. The van der Waals surface area contributed by atoms with E-state index in [-0.39, 0.29) is 17.3 Å². The molecule has 15 heteroatoms. The van der Waals surface area contributed by atoms with Crippen LogP contribution < -0.4 is 15.3 Å². The van der Waals surface area contributed by atoms with E-state index in [0.29, 0.717) is 5.52 Å². The predicted molar refractivity (Wildman–Crippen MR) is 142 cm³/mol. The molecule has 0 amide bonds. The summed E-state index contributed by atoms with van der Waals surface area (Å²) in [5.74, 6) is 1.90. The van der Waals surface area contributed by atoms with Gasteiger partial charge in [-0.1, -0.05) is 35.7 Å². The van der Waals surface area contributed by atoms with E-state index >= 15 is 0 Å². The first-order valence-electron chi connectivity index (χ1n) is 11.9. The molecule has 4 rings (SSSR count). The van der Waals surface area contributed by atoms with Crippen LogP contribution in [-0.2, 0) is 23.4 Å². The normalized spacial score (nSPS) is 25.2. The van der Waals surface area contributed by atoms with Crippen LogP contribution in [-0.4, -0.2) is 66.4 Å². The highest BCUT2D eigenvalue weighted by Gasteiger charge is 2.56. The van der Waals surface area contributed by atoms with Crippen molar-refractivity contribution >= 4 is 42.4 Å². The molecule has 3 unspecified atom stereocenters. The minimum atomic E-state index is -4.24. The molecule has 0 aliphatic carbocycles. The van der Waals surface area contributed by atoms with Crippen LogP contribution in [0.5, 0.6) is 5.75 Å². The Morgan fingerprint density at radius 2 is 2.08 bits per heavy atom. The number of nitrogens with two attached hydrogens (primary N) is 1. The Bertz CT molecular complexity index is 1420. The van der Waals surface area contributed by atoms with Crippen molar-refractivity contribution in [3.63, 3.8) is 0 Å². The van der Waals surface area contributed by atoms with Crippen molar-refractivity contribution in [2.24, 2.45) is 0 Å². The summed E-state index contributed by atoms with van der Waals surface area (Å²) >= 11 is 6.68. The van der Waals surface area contributed by atoms with Gasteiger partial charge in [0.15, 0.2) is 16.7 Å². The highest BCUT2D eigenvalue weighted by molar-refractivity contribution is 7.52. The predicted octanol–water partition coefficient (Wildman–Crippen LogP) is 2.41.